The van der Waals surface area contributed by atoms with E-state index in [1.807, 2.05) is 0 Å². The summed E-state index contributed by atoms with van der Waals surface area (Å²) < 4.78 is 0. The van der Waals surface area contributed by atoms with Crippen molar-refractivity contribution in [1.82, 2.24) is 0 Å². The number of fused-ring (bicyclic) bond motifs is 1. The van der Waals surface area contributed by atoms with E-state index in [0.29, 0.717) is 0 Å². The van der Waals surface area contributed by atoms with Crippen molar-refractivity contribution in [1.29, 1.82) is 0 Å². The second-order valence-electron chi connectivity index (χ2n) is 4.36. The predicted molar refractivity (Wildman–Crippen MR) is 63.2 cm³/mol. The van der Waals surface area contributed by atoms with Crippen LogP contribution in [-0.4, -0.2) is 0 Å². The Kier molecular flexibility index (Phi) is 8.11. The molecule has 0 aliphatic carbocycles. The Bertz CT molecular complexity index is 468. The van der Waals surface area contributed by atoms with Crippen molar-refractivity contribution in [3.63, 3.8) is 0 Å². The molecule has 0 aliphatic heterocycles. The predicted octanol–water partition coefficient (Wildman–Crippen LogP) is -1.89. The van der Waals surface area contributed by atoms with Gasteiger partial charge in [-0.2, -0.15) is 6.07 Å². The van der Waals surface area contributed by atoms with Gasteiger partial charge in [-0.25, -0.2) is 0 Å². The molecule has 0 saturated heterocycles. The molecule has 2 rings (SSSR count). The van der Waals surface area contributed by atoms with Gasteiger partial charge in [-0.3, -0.25) is 0 Å². The van der Waals surface area contributed by atoms with E-state index in [0.717, 1.165) is 0 Å². The number of hydrogen-bond acceptors (Lipinski definition) is 0. The Morgan fingerprint density at radius 3 is 1.76 bits per heavy atom. The van der Waals surface area contributed by atoms with Crippen molar-refractivity contribution in [2.45, 2.75) is 34.6 Å². The Labute approximate surface area is 135 Å². The van der Waals surface area contributed by atoms with Crippen molar-refractivity contribution in [2.75, 3.05) is 0 Å². The summed E-state index contributed by atoms with van der Waals surface area (Å²) in [5.41, 5.74) is 7.14. The molecule has 0 bridgehead atoms. The summed E-state index contributed by atoms with van der Waals surface area (Å²) >= 11 is 0. The van der Waals surface area contributed by atoms with Gasteiger partial charge in [0.2, 0.25) is 0 Å². The number of hydrogen-bond donors (Lipinski definition) is 0. The Hall–Kier alpha value is 0.293. The number of aryl methyl sites for hydroxylation is 3. The van der Waals surface area contributed by atoms with Gasteiger partial charge in [0.1, 0.15) is 0 Å². The summed E-state index contributed by atoms with van der Waals surface area (Å²) in [6.45, 7) is 11.1. The molecule has 0 atom stereocenters. The van der Waals surface area contributed by atoms with E-state index in [1.165, 1.54) is 38.6 Å². The van der Waals surface area contributed by atoms with Crippen LogP contribution in [0.1, 0.15) is 27.8 Å². The molecule has 0 aromatic heterocycles. The fourth-order valence-electron chi connectivity index (χ4n) is 2.24. The molecule has 1 radical (unpaired) electrons. The van der Waals surface area contributed by atoms with Gasteiger partial charge in [-0.15, -0.1) is 28.0 Å². The third-order valence-corrected chi connectivity index (χ3v) is 3.53. The monoisotopic (exact) mass is 345 g/mol. The van der Waals surface area contributed by atoms with Gasteiger partial charge >= 0.3 is 26.2 Å². The van der Waals surface area contributed by atoms with Crippen LogP contribution < -0.4 is 24.8 Å². The van der Waals surface area contributed by atoms with Gasteiger partial charge in [-0.05, 0) is 20.8 Å². The molecule has 0 unspecified atom stereocenters. The van der Waals surface area contributed by atoms with Crippen LogP contribution in [-0.2, 0) is 26.2 Å². The minimum atomic E-state index is 0. The smallest absolute Gasteiger partial charge is 1.00 e. The molecule has 91 valence electrons. The maximum Gasteiger partial charge on any atom is 3.00 e. The minimum Gasteiger partial charge on any atom is -1.00 e. The van der Waals surface area contributed by atoms with Crippen LogP contribution in [0.5, 0.6) is 0 Å². The van der Waals surface area contributed by atoms with Crippen LogP contribution in [0.2, 0.25) is 0 Å². The van der Waals surface area contributed by atoms with E-state index >= 15 is 0 Å². The van der Waals surface area contributed by atoms with Crippen molar-refractivity contribution in [3.8, 4) is 0 Å². The molecule has 0 heterocycles. The maximum absolute atomic E-state index is 2.30. The molecular formula is C14H17Cl2Zr. The van der Waals surface area contributed by atoms with Crippen LogP contribution in [0.3, 0.4) is 0 Å². The van der Waals surface area contributed by atoms with Crippen LogP contribution in [0.25, 0.3) is 10.8 Å². The molecule has 2 aromatic carbocycles. The van der Waals surface area contributed by atoms with Crippen LogP contribution in [0, 0.1) is 34.6 Å². The topological polar surface area (TPSA) is 0 Å². The first kappa shape index (κ1) is 19.6. The van der Waals surface area contributed by atoms with Crippen LogP contribution in [0.15, 0.2) is 12.1 Å². The number of halogens is 2. The fraction of sp³-hybridized carbons (Fsp3) is 0.357. The standard InChI is InChI=1S/C14H17.2ClH.Zr/c1-8-6-13-11(4)9(2)10(3)12(5)14(13)7-8;;;/h6-7H,1-5H3;2*1H;/q-1;;;+3/p-2. The average molecular weight is 347 g/mol. The zero-order chi connectivity index (χ0) is 10.5. The SMILES string of the molecule is Cc1cc2c(C)c(C)c(C)c(C)c2[cH-]1.[Cl-].[Cl-].[Zr+3]. The normalized spacial score (nSPS) is 9.24. The Morgan fingerprint density at radius 1 is 0.765 bits per heavy atom. The average Bonchev–Trinajstić information content (AvgIpc) is 2.54. The molecular weight excluding hydrogens is 330 g/mol. The molecule has 0 amide bonds. The minimum absolute atomic E-state index is 0. The first-order valence-corrected chi connectivity index (χ1v) is 5.15. The van der Waals surface area contributed by atoms with Crippen molar-refractivity contribution in [3.05, 3.63) is 39.9 Å². The molecule has 0 nitrogen and oxygen atoms in total. The number of benzene rings is 1. The zero-order valence-corrected chi connectivity index (χ0v) is 14.9. The Morgan fingerprint density at radius 2 is 1.24 bits per heavy atom. The molecule has 0 saturated carbocycles. The fourth-order valence-corrected chi connectivity index (χ4v) is 2.24. The van der Waals surface area contributed by atoms with E-state index in [4.69, 9.17) is 0 Å². The molecule has 0 aliphatic rings. The second-order valence-corrected chi connectivity index (χ2v) is 4.36. The Balaban J connectivity index is 0. The first-order valence-electron chi connectivity index (χ1n) is 5.15. The van der Waals surface area contributed by atoms with Crippen LogP contribution in [0.4, 0.5) is 0 Å². The molecule has 3 heteroatoms. The van der Waals surface area contributed by atoms with Gasteiger partial charge in [0.05, 0.1) is 0 Å². The third-order valence-electron chi connectivity index (χ3n) is 3.53. The first-order chi connectivity index (χ1) is 6.52. The van der Waals surface area contributed by atoms with E-state index in [1.54, 1.807) is 0 Å². The van der Waals surface area contributed by atoms with Gasteiger partial charge < -0.3 is 24.8 Å². The second kappa shape index (κ2) is 7.02. The largest absolute Gasteiger partial charge is 3.00 e. The van der Waals surface area contributed by atoms with Gasteiger partial charge in [0.15, 0.2) is 0 Å². The van der Waals surface area contributed by atoms with E-state index in [2.05, 4.69) is 46.8 Å². The van der Waals surface area contributed by atoms with Crippen molar-refractivity contribution in [2.24, 2.45) is 0 Å². The van der Waals surface area contributed by atoms with Gasteiger partial charge in [-0.1, -0.05) is 30.5 Å². The van der Waals surface area contributed by atoms with E-state index in [9.17, 15) is 0 Å². The molecule has 0 spiro atoms. The van der Waals surface area contributed by atoms with Crippen molar-refractivity contribution < 1.29 is 51.0 Å². The quantitative estimate of drug-likeness (QED) is 0.489. The van der Waals surface area contributed by atoms with E-state index in [-0.39, 0.29) is 51.0 Å². The van der Waals surface area contributed by atoms with Crippen molar-refractivity contribution >= 4 is 10.8 Å². The maximum atomic E-state index is 2.30. The molecule has 0 fully saturated rings. The number of rotatable bonds is 0. The zero-order valence-electron chi connectivity index (χ0n) is 10.9. The summed E-state index contributed by atoms with van der Waals surface area (Å²) in [6.07, 6.45) is 0. The molecule has 0 N–H and O–H groups in total. The molecule has 2 aromatic rings. The van der Waals surface area contributed by atoms with Gasteiger partial charge in [0, 0.05) is 0 Å². The summed E-state index contributed by atoms with van der Waals surface area (Å²) in [5.74, 6) is 0. The summed E-state index contributed by atoms with van der Waals surface area (Å²) in [6, 6.07) is 4.59. The third kappa shape index (κ3) is 3.19. The van der Waals surface area contributed by atoms with Gasteiger partial charge in [0.25, 0.3) is 0 Å². The summed E-state index contributed by atoms with van der Waals surface area (Å²) in [5, 5.41) is 2.87. The van der Waals surface area contributed by atoms with E-state index < -0.39 is 0 Å². The van der Waals surface area contributed by atoms with Crippen LogP contribution >= 0.6 is 0 Å². The summed E-state index contributed by atoms with van der Waals surface area (Å²) in [4.78, 5) is 0. The summed E-state index contributed by atoms with van der Waals surface area (Å²) in [7, 11) is 0. The molecule has 17 heavy (non-hydrogen) atoms.